The van der Waals surface area contributed by atoms with E-state index in [9.17, 15) is 0 Å². The molecule has 3 aliphatic carbocycles. The number of rotatable bonds is 11. The molecule has 3 fully saturated rings. The molecule has 3 rings (SSSR count). The van der Waals surface area contributed by atoms with Gasteiger partial charge in [-0.3, -0.25) is 0 Å². The van der Waals surface area contributed by atoms with Gasteiger partial charge in [-0.05, 0) is 81.0 Å². The highest BCUT2D eigenvalue weighted by Gasteiger charge is 2.44. The summed E-state index contributed by atoms with van der Waals surface area (Å²) in [4.78, 5) is 0. The molecule has 1 nitrogen and oxygen atoms in total. The summed E-state index contributed by atoms with van der Waals surface area (Å²) >= 11 is 0. The second kappa shape index (κ2) is 11.8. The topological polar surface area (TPSA) is 9.23 Å². The van der Waals surface area contributed by atoms with E-state index in [4.69, 9.17) is 4.74 Å². The van der Waals surface area contributed by atoms with Gasteiger partial charge in [0.25, 0.3) is 0 Å². The molecule has 0 saturated heterocycles. The summed E-state index contributed by atoms with van der Waals surface area (Å²) in [5, 5.41) is 0. The molecule has 0 aromatic rings. The van der Waals surface area contributed by atoms with E-state index in [2.05, 4.69) is 13.8 Å². The first-order valence-electron chi connectivity index (χ1n) is 12.9. The summed E-state index contributed by atoms with van der Waals surface area (Å²) < 4.78 is 6.32. The van der Waals surface area contributed by atoms with E-state index in [0.29, 0.717) is 6.10 Å². The molecule has 0 aromatic heterocycles. The molecule has 27 heavy (non-hydrogen) atoms. The molecule has 0 spiro atoms. The standard InChI is InChI=1S/C26H48O/c1-3-5-7-8-10-18-27-24-15-17-26-23(20-24)14-13-22-19-21(11-9-6-4-2)12-16-25(22)26/h21-26H,3-20H2,1-2H3/t21-,22?,23?,24-,25?,26?/m0/s1. The summed E-state index contributed by atoms with van der Waals surface area (Å²) in [7, 11) is 0. The van der Waals surface area contributed by atoms with Gasteiger partial charge >= 0.3 is 0 Å². The molecule has 3 aliphatic rings. The van der Waals surface area contributed by atoms with E-state index in [1.165, 1.54) is 83.5 Å². The number of fused-ring (bicyclic) bond motifs is 3. The van der Waals surface area contributed by atoms with Crippen LogP contribution in [0.1, 0.15) is 123 Å². The summed E-state index contributed by atoms with van der Waals surface area (Å²) in [6.45, 7) is 5.66. The maximum absolute atomic E-state index is 6.32. The van der Waals surface area contributed by atoms with Gasteiger partial charge in [0.1, 0.15) is 0 Å². The van der Waals surface area contributed by atoms with Crippen molar-refractivity contribution in [3.8, 4) is 0 Å². The first kappa shape index (κ1) is 21.7. The largest absolute Gasteiger partial charge is 0.378 e. The summed E-state index contributed by atoms with van der Waals surface area (Å²) in [5.41, 5.74) is 0. The molecular weight excluding hydrogens is 328 g/mol. The third kappa shape index (κ3) is 6.48. The van der Waals surface area contributed by atoms with Crippen LogP contribution in [-0.4, -0.2) is 12.7 Å². The van der Waals surface area contributed by atoms with Crippen molar-refractivity contribution in [3.05, 3.63) is 0 Å². The minimum absolute atomic E-state index is 0.597. The lowest BCUT2D eigenvalue weighted by atomic mass is 9.56. The molecule has 6 atom stereocenters. The molecule has 0 amide bonds. The van der Waals surface area contributed by atoms with Crippen LogP contribution < -0.4 is 0 Å². The normalized spacial score (nSPS) is 36.2. The van der Waals surface area contributed by atoms with Gasteiger partial charge in [-0.25, -0.2) is 0 Å². The van der Waals surface area contributed by atoms with Crippen LogP contribution in [0.5, 0.6) is 0 Å². The minimum Gasteiger partial charge on any atom is -0.378 e. The first-order valence-corrected chi connectivity index (χ1v) is 12.9. The fourth-order valence-corrected chi connectivity index (χ4v) is 6.90. The molecule has 0 aromatic carbocycles. The Morgan fingerprint density at radius 2 is 1.30 bits per heavy atom. The van der Waals surface area contributed by atoms with Gasteiger partial charge in [-0.15, -0.1) is 0 Å². The van der Waals surface area contributed by atoms with Crippen molar-refractivity contribution in [3.63, 3.8) is 0 Å². The molecule has 3 saturated carbocycles. The fraction of sp³-hybridized carbons (Fsp3) is 1.00. The van der Waals surface area contributed by atoms with Gasteiger partial charge in [0.15, 0.2) is 0 Å². The Bertz CT molecular complexity index is 392. The summed E-state index contributed by atoms with van der Waals surface area (Å²) in [6.07, 6.45) is 25.2. The highest BCUT2D eigenvalue weighted by molar-refractivity contribution is 4.94. The highest BCUT2D eigenvalue weighted by Crippen LogP contribution is 2.53. The maximum Gasteiger partial charge on any atom is 0.0578 e. The molecule has 0 heterocycles. The third-order valence-corrected chi connectivity index (χ3v) is 8.42. The van der Waals surface area contributed by atoms with Crippen molar-refractivity contribution < 1.29 is 4.74 Å². The monoisotopic (exact) mass is 376 g/mol. The molecule has 158 valence electrons. The summed E-state index contributed by atoms with van der Waals surface area (Å²) in [6, 6.07) is 0. The smallest absolute Gasteiger partial charge is 0.0578 e. The van der Waals surface area contributed by atoms with Crippen LogP contribution in [0.3, 0.4) is 0 Å². The van der Waals surface area contributed by atoms with E-state index in [1.54, 1.807) is 25.7 Å². The van der Waals surface area contributed by atoms with Crippen molar-refractivity contribution in [2.75, 3.05) is 6.61 Å². The van der Waals surface area contributed by atoms with Gasteiger partial charge in [-0.1, -0.05) is 71.6 Å². The van der Waals surface area contributed by atoms with Crippen LogP contribution in [0.2, 0.25) is 0 Å². The zero-order valence-electron chi connectivity index (χ0n) is 18.6. The minimum atomic E-state index is 0.597. The lowest BCUT2D eigenvalue weighted by Gasteiger charge is -2.50. The van der Waals surface area contributed by atoms with Gasteiger partial charge in [-0.2, -0.15) is 0 Å². The molecule has 0 bridgehead atoms. The van der Waals surface area contributed by atoms with Crippen molar-refractivity contribution in [1.82, 2.24) is 0 Å². The predicted octanol–water partition coefficient (Wildman–Crippen LogP) is 8.16. The van der Waals surface area contributed by atoms with Crippen molar-refractivity contribution >= 4 is 0 Å². The zero-order valence-corrected chi connectivity index (χ0v) is 18.6. The summed E-state index contributed by atoms with van der Waals surface area (Å²) in [5.74, 6) is 5.30. The number of ether oxygens (including phenoxy) is 1. The van der Waals surface area contributed by atoms with Gasteiger partial charge in [0, 0.05) is 6.61 Å². The van der Waals surface area contributed by atoms with Crippen LogP contribution in [0.15, 0.2) is 0 Å². The Morgan fingerprint density at radius 3 is 2.07 bits per heavy atom. The Labute approximate surface area is 170 Å². The molecule has 0 aliphatic heterocycles. The lowest BCUT2D eigenvalue weighted by Crippen LogP contribution is -2.42. The van der Waals surface area contributed by atoms with Crippen LogP contribution in [0.4, 0.5) is 0 Å². The van der Waals surface area contributed by atoms with Crippen molar-refractivity contribution in [2.45, 2.75) is 129 Å². The maximum atomic E-state index is 6.32. The molecule has 1 heteroatoms. The molecule has 0 radical (unpaired) electrons. The van der Waals surface area contributed by atoms with Gasteiger partial charge in [0.05, 0.1) is 6.10 Å². The molecule has 4 unspecified atom stereocenters. The number of unbranched alkanes of at least 4 members (excludes halogenated alkanes) is 6. The van der Waals surface area contributed by atoms with Crippen LogP contribution in [-0.2, 0) is 4.74 Å². The van der Waals surface area contributed by atoms with E-state index < -0.39 is 0 Å². The van der Waals surface area contributed by atoms with Crippen molar-refractivity contribution in [2.24, 2.45) is 29.6 Å². The highest BCUT2D eigenvalue weighted by atomic mass is 16.5. The molecule has 0 N–H and O–H groups in total. The van der Waals surface area contributed by atoms with E-state index >= 15 is 0 Å². The zero-order chi connectivity index (χ0) is 18.9. The van der Waals surface area contributed by atoms with Gasteiger partial charge in [0.2, 0.25) is 0 Å². The average Bonchev–Trinajstić information content (AvgIpc) is 2.70. The van der Waals surface area contributed by atoms with Crippen LogP contribution in [0, 0.1) is 29.6 Å². The SMILES string of the molecule is CCCCCCCO[C@H]1CCC2C(CCC3C[C@@H](CCCCC)CCC32)C1. The third-order valence-electron chi connectivity index (χ3n) is 8.42. The lowest BCUT2D eigenvalue weighted by molar-refractivity contribution is -0.0539. The quantitative estimate of drug-likeness (QED) is 0.330. The van der Waals surface area contributed by atoms with E-state index in [-0.39, 0.29) is 0 Å². The van der Waals surface area contributed by atoms with Crippen molar-refractivity contribution in [1.29, 1.82) is 0 Å². The Morgan fingerprint density at radius 1 is 0.630 bits per heavy atom. The Balaban J connectivity index is 1.36. The van der Waals surface area contributed by atoms with Crippen LogP contribution >= 0.6 is 0 Å². The second-order valence-electron chi connectivity index (χ2n) is 10.3. The molecular formula is C26H48O. The van der Waals surface area contributed by atoms with E-state index in [1.807, 2.05) is 0 Å². The van der Waals surface area contributed by atoms with Crippen LogP contribution in [0.25, 0.3) is 0 Å². The number of hydrogen-bond donors (Lipinski definition) is 0. The number of hydrogen-bond acceptors (Lipinski definition) is 1. The fourth-order valence-electron chi connectivity index (χ4n) is 6.90. The second-order valence-corrected chi connectivity index (χ2v) is 10.3. The Kier molecular flexibility index (Phi) is 9.50. The first-order chi connectivity index (χ1) is 13.3. The predicted molar refractivity (Wildman–Crippen MR) is 117 cm³/mol. The average molecular weight is 377 g/mol. The van der Waals surface area contributed by atoms with E-state index in [0.717, 1.165) is 36.2 Å². The Hall–Kier alpha value is -0.0400. The van der Waals surface area contributed by atoms with Gasteiger partial charge < -0.3 is 4.74 Å².